The van der Waals surface area contributed by atoms with Gasteiger partial charge in [0, 0.05) is 24.0 Å². The predicted octanol–water partition coefficient (Wildman–Crippen LogP) is 3.21. The molecule has 3 atom stereocenters. The van der Waals surface area contributed by atoms with Crippen molar-refractivity contribution in [2.45, 2.75) is 45.1 Å². The first-order valence-corrected chi connectivity index (χ1v) is 7.79. The van der Waals surface area contributed by atoms with Crippen molar-refractivity contribution >= 4 is 5.52 Å². The fraction of sp³-hybridized carbons (Fsp3) is 0.625. The third-order valence-corrected chi connectivity index (χ3v) is 4.92. The van der Waals surface area contributed by atoms with Gasteiger partial charge in [0.15, 0.2) is 0 Å². The van der Waals surface area contributed by atoms with E-state index in [1.54, 1.807) is 6.20 Å². The second-order valence-electron chi connectivity index (χ2n) is 5.89. The minimum atomic E-state index is 0.391. The molecule has 0 aliphatic heterocycles. The van der Waals surface area contributed by atoms with Gasteiger partial charge in [-0.15, -0.1) is 0 Å². The van der Waals surface area contributed by atoms with E-state index in [1.165, 1.54) is 37.7 Å². The Kier molecular flexibility index (Phi) is 4.01. The van der Waals surface area contributed by atoms with Gasteiger partial charge in [-0.25, -0.2) is 4.52 Å². The Morgan fingerprint density at radius 2 is 2.20 bits per heavy atom. The fourth-order valence-electron chi connectivity index (χ4n) is 3.87. The van der Waals surface area contributed by atoms with Crippen LogP contribution in [0, 0.1) is 11.8 Å². The maximum Gasteiger partial charge on any atom is 0.0892 e. The Bertz CT molecular complexity index is 562. The maximum absolute atomic E-state index is 4.47. The van der Waals surface area contributed by atoms with Crippen LogP contribution in [0.2, 0.25) is 0 Å². The van der Waals surface area contributed by atoms with Gasteiger partial charge in [-0.2, -0.15) is 5.10 Å². The van der Waals surface area contributed by atoms with Crippen molar-refractivity contribution in [3.8, 4) is 0 Å². The molecular weight excluding hydrogens is 248 g/mol. The first-order valence-electron chi connectivity index (χ1n) is 7.79. The number of hydrogen-bond acceptors (Lipinski definition) is 3. The number of aromatic nitrogens is 3. The van der Waals surface area contributed by atoms with Crippen LogP contribution in [0.1, 0.15) is 50.6 Å². The highest BCUT2D eigenvalue weighted by atomic mass is 15.2. The Morgan fingerprint density at radius 1 is 1.35 bits per heavy atom. The van der Waals surface area contributed by atoms with E-state index in [1.807, 2.05) is 23.1 Å². The average molecular weight is 272 g/mol. The van der Waals surface area contributed by atoms with Gasteiger partial charge < -0.3 is 5.32 Å². The van der Waals surface area contributed by atoms with Crippen molar-refractivity contribution in [2.75, 3.05) is 7.05 Å². The molecule has 1 N–H and O–H groups in total. The summed E-state index contributed by atoms with van der Waals surface area (Å²) in [6, 6.07) is 0.391. The van der Waals surface area contributed by atoms with Gasteiger partial charge >= 0.3 is 0 Å². The Balaban J connectivity index is 1.96. The van der Waals surface area contributed by atoms with Crippen LogP contribution in [0.4, 0.5) is 0 Å². The molecular formula is C16H24N4. The van der Waals surface area contributed by atoms with Gasteiger partial charge in [-0.05, 0) is 25.3 Å². The van der Waals surface area contributed by atoms with Gasteiger partial charge in [0.05, 0.1) is 17.9 Å². The van der Waals surface area contributed by atoms with Crippen molar-refractivity contribution in [3.05, 3.63) is 30.4 Å². The minimum absolute atomic E-state index is 0.391. The van der Waals surface area contributed by atoms with Crippen molar-refractivity contribution in [1.29, 1.82) is 0 Å². The molecule has 1 aliphatic rings. The number of fused-ring (bicyclic) bond motifs is 1. The summed E-state index contributed by atoms with van der Waals surface area (Å²) in [5.41, 5.74) is 2.43. The SMILES string of the molecule is CCC1CCCCC1C(NC)c1cnn2ccncc12. The summed E-state index contributed by atoms with van der Waals surface area (Å²) >= 11 is 0. The van der Waals surface area contributed by atoms with Gasteiger partial charge in [0.25, 0.3) is 0 Å². The molecule has 1 saturated carbocycles. The molecule has 2 aromatic heterocycles. The summed E-state index contributed by atoms with van der Waals surface area (Å²) in [5, 5.41) is 8.02. The minimum Gasteiger partial charge on any atom is -0.313 e. The van der Waals surface area contributed by atoms with Crippen LogP contribution in [-0.2, 0) is 0 Å². The van der Waals surface area contributed by atoms with E-state index in [-0.39, 0.29) is 0 Å². The molecule has 0 amide bonds. The third-order valence-electron chi connectivity index (χ3n) is 4.92. The lowest BCUT2D eigenvalue weighted by Gasteiger charge is -2.36. The van der Waals surface area contributed by atoms with Crippen LogP contribution in [0.15, 0.2) is 24.8 Å². The second-order valence-corrected chi connectivity index (χ2v) is 5.89. The Morgan fingerprint density at radius 3 is 3.00 bits per heavy atom. The molecule has 0 bridgehead atoms. The van der Waals surface area contributed by atoms with Crippen LogP contribution in [-0.4, -0.2) is 21.6 Å². The molecule has 3 rings (SSSR count). The highest BCUT2D eigenvalue weighted by Crippen LogP contribution is 2.40. The topological polar surface area (TPSA) is 42.2 Å². The number of nitrogens with one attached hydrogen (secondary N) is 1. The van der Waals surface area contributed by atoms with E-state index in [9.17, 15) is 0 Å². The van der Waals surface area contributed by atoms with Crippen molar-refractivity contribution < 1.29 is 0 Å². The van der Waals surface area contributed by atoms with Crippen LogP contribution in [0.25, 0.3) is 5.52 Å². The molecule has 1 aliphatic carbocycles. The van der Waals surface area contributed by atoms with Gasteiger partial charge in [0.2, 0.25) is 0 Å². The smallest absolute Gasteiger partial charge is 0.0892 e. The van der Waals surface area contributed by atoms with Crippen LogP contribution < -0.4 is 5.32 Å². The van der Waals surface area contributed by atoms with E-state index >= 15 is 0 Å². The zero-order valence-corrected chi connectivity index (χ0v) is 12.4. The molecule has 1 fully saturated rings. The number of hydrogen-bond donors (Lipinski definition) is 1. The maximum atomic E-state index is 4.47. The quantitative estimate of drug-likeness (QED) is 0.929. The van der Waals surface area contributed by atoms with Crippen LogP contribution >= 0.6 is 0 Å². The molecule has 0 spiro atoms. The van der Waals surface area contributed by atoms with Gasteiger partial charge in [-0.1, -0.05) is 32.6 Å². The molecule has 0 radical (unpaired) electrons. The Labute approximate surface area is 120 Å². The number of nitrogens with zero attached hydrogens (tertiary/aromatic N) is 3. The van der Waals surface area contributed by atoms with E-state index in [4.69, 9.17) is 0 Å². The first kappa shape index (κ1) is 13.6. The monoisotopic (exact) mass is 272 g/mol. The predicted molar refractivity (Wildman–Crippen MR) is 80.5 cm³/mol. The average Bonchev–Trinajstić information content (AvgIpc) is 2.93. The largest absolute Gasteiger partial charge is 0.313 e. The normalized spacial score (nSPS) is 24.9. The second kappa shape index (κ2) is 5.92. The highest BCUT2D eigenvalue weighted by Gasteiger charge is 2.32. The fourth-order valence-corrected chi connectivity index (χ4v) is 3.87. The molecule has 2 aromatic rings. The Hall–Kier alpha value is -1.42. The van der Waals surface area contributed by atoms with E-state index in [0.717, 1.165) is 11.4 Å². The van der Waals surface area contributed by atoms with Crippen molar-refractivity contribution in [2.24, 2.45) is 11.8 Å². The van der Waals surface area contributed by atoms with E-state index < -0.39 is 0 Å². The van der Waals surface area contributed by atoms with Crippen molar-refractivity contribution in [1.82, 2.24) is 19.9 Å². The van der Waals surface area contributed by atoms with E-state index in [2.05, 4.69) is 29.4 Å². The van der Waals surface area contributed by atoms with Crippen LogP contribution in [0.3, 0.4) is 0 Å². The van der Waals surface area contributed by atoms with Gasteiger partial charge in [-0.3, -0.25) is 4.98 Å². The standard InChI is InChI=1S/C16H24N4/c1-3-12-6-4-5-7-13(12)16(17-2)14-10-19-20-9-8-18-11-15(14)20/h8-13,16-17H,3-7H2,1-2H3. The molecule has 0 aromatic carbocycles. The van der Waals surface area contributed by atoms with Crippen LogP contribution in [0.5, 0.6) is 0 Å². The van der Waals surface area contributed by atoms with Crippen molar-refractivity contribution in [3.63, 3.8) is 0 Å². The zero-order chi connectivity index (χ0) is 13.9. The highest BCUT2D eigenvalue weighted by molar-refractivity contribution is 5.53. The summed E-state index contributed by atoms with van der Waals surface area (Å²) in [6.45, 7) is 2.33. The summed E-state index contributed by atoms with van der Waals surface area (Å²) < 4.78 is 1.93. The summed E-state index contributed by atoms with van der Waals surface area (Å²) in [6.07, 6.45) is 14.4. The first-order chi connectivity index (χ1) is 9.85. The molecule has 4 nitrogen and oxygen atoms in total. The lowest BCUT2D eigenvalue weighted by atomic mass is 9.72. The molecule has 0 saturated heterocycles. The third kappa shape index (κ3) is 2.33. The summed E-state index contributed by atoms with van der Waals surface area (Å²) in [4.78, 5) is 4.26. The summed E-state index contributed by atoms with van der Waals surface area (Å²) in [5.74, 6) is 1.54. The molecule has 20 heavy (non-hydrogen) atoms. The molecule has 4 heteroatoms. The lowest BCUT2D eigenvalue weighted by molar-refractivity contribution is 0.181. The molecule has 2 heterocycles. The lowest BCUT2D eigenvalue weighted by Crippen LogP contribution is -2.32. The number of rotatable bonds is 4. The van der Waals surface area contributed by atoms with E-state index in [0.29, 0.717) is 12.0 Å². The summed E-state index contributed by atoms with van der Waals surface area (Å²) in [7, 11) is 2.08. The molecule has 108 valence electrons. The molecule has 3 unspecified atom stereocenters. The van der Waals surface area contributed by atoms with Gasteiger partial charge in [0.1, 0.15) is 0 Å². The zero-order valence-electron chi connectivity index (χ0n) is 12.4.